The second-order valence-electron chi connectivity index (χ2n) is 17.7. The number of nitrogens with one attached hydrogen (secondary N) is 8. The van der Waals surface area contributed by atoms with Crippen molar-refractivity contribution < 1.29 is 48.6 Å². The van der Waals surface area contributed by atoms with Crippen LogP contribution >= 0.6 is 0 Å². The number of aliphatic hydroxyl groups is 1. The number of hydrogen-bond acceptors (Lipinski definition) is 14. The largest absolute Gasteiger partial charge is 0.480 e. The Bertz CT molecular complexity index is 2060. The van der Waals surface area contributed by atoms with Crippen molar-refractivity contribution in [3.63, 3.8) is 0 Å². The minimum Gasteiger partial charge on any atom is -0.480 e. The van der Waals surface area contributed by atoms with E-state index >= 15 is 0 Å². The second kappa shape index (κ2) is 33.0. The van der Waals surface area contributed by atoms with E-state index in [2.05, 4.69) is 47.5 Å². The molecule has 1 aliphatic rings. The molecule has 398 valence electrons. The van der Waals surface area contributed by atoms with Gasteiger partial charge in [0, 0.05) is 32.0 Å². The van der Waals surface area contributed by atoms with Crippen LogP contribution in [0.25, 0.3) is 0 Å². The van der Waals surface area contributed by atoms with Gasteiger partial charge >= 0.3 is 5.97 Å². The molecule has 0 radical (unpaired) electrons. The first-order valence-corrected chi connectivity index (χ1v) is 24.5. The van der Waals surface area contributed by atoms with Crippen LogP contribution in [0.3, 0.4) is 0 Å². The first-order valence-electron chi connectivity index (χ1n) is 24.5. The van der Waals surface area contributed by atoms with Crippen LogP contribution in [0.2, 0.25) is 0 Å². The predicted molar refractivity (Wildman–Crippen MR) is 269 cm³/mol. The lowest BCUT2D eigenvalue weighted by Gasteiger charge is -2.28. The molecule has 1 saturated heterocycles. The lowest BCUT2D eigenvalue weighted by molar-refractivity contribution is -0.142. The van der Waals surface area contributed by atoms with Crippen LogP contribution in [0.4, 0.5) is 0 Å². The molecule has 24 nitrogen and oxygen atoms in total. The number of carboxylic acid groups (broad SMARTS) is 1. The van der Waals surface area contributed by atoms with Crippen molar-refractivity contribution in [1.82, 2.24) is 42.5 Å². The third-order valence-electron chi connectivity index (χ3n) is 11.8. The highest BCUT2D eigenvalue weighted by Crippen LogP contribution is 2.12. The van der Waals surface area contributed by atoms with Gasteiger partial charge in [0.2, 0.25) is 41.4 Å². The van der Waals surface area contributed by atoms with Gasteiger partial charge in [-0.3, -0.25) is 38.6 Å². The monoisotopic (exact) mass is 1010 g/mol. The summed E-state index contributed by atoms with van der Waals surface area (Å²) in [6.45, 7) is 0.635. The highest BCUT2D eigenvalue weighted by atomic mass is 16.4. The van der Waals surface area contributed by atoms with E-state index in [0.717, 1.165) is 12.0 Å². The van der Waals surface area contributed by atoms with Crippen LogP contribution < -0.4 is 71.2 Å². The first kappa shape index (κ1) is 59.6. The molecule has 1 aliphatic heterocycles. The van der Waals surface area contributed by atoms with Gasteiger partial charge in [-0.25, -0.2) is 4.79 Å². The molecule has 0 spiro atoms. The molecule has 1 heterocycles. The number of carboxylic acids is 1. The van der Waals surface area contributed by atoms with E-state index in [1.165, 1.54) is 0 Å². The summed E-state index contributed by atoms with van der Waals surface area (Å²) in [6.07, 6.45) is 3.62. The maximum Gasteiger partial charge on any atom is 0.326 e. The number of aliphatic carboxylic acids is 1. The van der Waals surface area contributed by atoms with Crippen molar-refractivity contribution in [2.24, 2.45) is 33.7 Å². The standard InChI is InChI=1S/C48H76N14O10/c49-21-9-7-18-34(58-41(65)33-20-12-23-54-33)42(66)60-36(25-30-13-3-1-4-14-30)43(67)57-32(17-11-24-55-48(52)53)28-56-39(29-63)46(70)61-37(26-31-15-5-2-6-16-31)44(68)62-38(27-40(51)64)45(69)59-35(47(71)72)19-8-10-22-50/h1-6,13-16,32-39,54,56,63H,7-12,17-29,49-50H2,(H2,51,64)(H,57,67)(H,58,65)(H,59,69)(H,60,66)(H,61,70)(H,62,68)(H,71,72)(H4,52,53,55)/t32-,33-,34-,35-,36-,37-,38-,39-/m0/s1. The summed E-state index contributed by atoms with van der Waals surface area (Å²) in [7, 11) is 0. The Hall–Kier alpha value is -6.73. The number of rotatable bonds is 35. The van der Waals surface area contributed by atoms with Gasteiger partial charge in [0.25, 0.3) is 0 Å². The molecule has 8 atom stereocenters. The van der Waals surface area contributed by atoms with Gasteiger partial charge in [-0.05, 0) is 95.0 Å². The molecule has 0 bridgehead atoms. The second-order valence-corrected chi connectivity index (χ2v) is 17.7. The summed E-state index contributed by atoms with van der Waals surface area (Å²) >= 11 is 0. The number of nitrogens with zero attached hydrogens (tertiary/aromatic N) is 1. The Morgan fingerprint density at radius 3 is 1.61 bits per heavy atom. The van der Waals surface area contributed by atoms with E-state index < -0.39 is 103 Å². The normalized spacial score (nSPS) is 16.0. The smallest absolute Gasteiger partial charge is 0.326 e. The number of carbonyl (C=O) groups excluding carboxylic acids is 7. The third kappa shape index (κ3) is 22.6. The number of hydrogen-bond donors (Lipinski definition) is 15. The molecular weight excluding hydrogens is 933 g/mol. The third-order valence-corrected chi connectivity index (χ3v) is 11.8. The summed E-state index contributed by atoms with van der Waals surface area (Å²) in [5.74, 6) is -6.70. The van der Waals surface area contributed by atoms with Crippen molar-refractivity contribution >= 4 is 53.3 Å². The molecule has 2 aromatic carbocycles. The average molecular weight is 1010 g/mol. The highest BCUT2D eigenvalue weighted by molar-refractivity contribution is 5.96. The number of amides is 7. The van der Waals surface area contributed by atoms with E-state index in [-0.39, 0.29) is 57.1 Å². The van der Waals surface area contributed by atoms with E-state index in [0.29, 0.717) is 63.7 Å². The number of primary amides is 1. The van der Waals surface area contributed by atoms with Gasteiger partial charge in [0.1, 0.15) is 36.3 Å². The van der Waals surface area contributed by atoms with Gasteiger partial charge in [-0.15, -0.1) is 0 Å². The SMILES string of the molecule is NCCCC[C@H](NC(=O)[C@H](CC(N)=O)NC(=O)[C@H](Cc1ccccc1)NC(=O)[C@H](CO)NC[C@H](CCCN=C(N)N)NC(=O)[C@H](Cc1ccccc1)NC(=O)[C@H](CCCCN)NC(=O)[C@@H]1CCCN1)C(=O)O. The fourth-order valence-corrected chi connectivity index (χ4v) is 7.91. The topological polar surface area (TPSA) is 416 Å². The van der Waals surface area contributed by atoms with Gasteiger partial charge in [-0.2, -0.15) is 0 Å². The first-order chi connectivity index (χ1) is 34.5. The van der Waals surface area contributed by atoms with Crippen molar-refractivity contribution in [3.8, 4) is 0 Å². The number of nitrogens with two attached hydrogens (primary N) is 5. The van der Waals surface area contributed by atoms with Gasteiger partial charge < -0.3 is 81.4 Å². The van der Waals surface area contributed by atoms with Gasteiger partial charge in [0.05, 0.1) is 19.1 Å². The molecule has 1 fully saturated rings. The van der Waals surface area contributed by atoms with Gasteiger partial charge in [-0.1, -0.05) is 60.7 Å². The minimum absolute atomic E-state index is 0.0270. The molecule has 3 rings (SSSR count). The van der Waals surface area contributed by atoms with Gasteiger partial charge in [0.15, 0.2) is 5.96 Å². The molecule has 24 heteroatoms. The Morgan fingerprint density at radius 1 is 0.611 bits per heavy atom. The lowest BCUT2D eigenvalue weighted by atomic mass is 10.0. The molecule has 72 heavy (non-hydrogen) atoms. The number of guanidine groups is 1. The number of aliphatic hydroxyl groups excluding tert-OH is 1. The predicted octanol–water partition coefficient (Wildman–Crippen LogP) is -3.65. The molecule has 0 aliphatic carbocycles. The molecular formula is C48H76N14O10. The Kier molecular flexibility index (Phi) is 27.3. The zero-order valence-electron chi connectivity index (χ0n) is 40.8. The summed E-state index contributed by atoms with van der Waals surface area (Å²) in [6, 6.07) is 8.45. The molecule has 0 saturated carbocycles. The fourth-order valence-electron chi connectivity index (χ4n) is 7.91. The zero-order valence-corrected chi connectivity index (χ0v) is 40.8. The Morgan fingerprint density at radius 2 is 1.11 bits per heavy atom. The maximum absolute atomic E-state index is 14.3. The van der Waals surface area contributed by atoms with E-state index in [1.807, 2.05) is 6.07 Å². The lowest BCUT2D eigenvalue weighted by Crippen LogP contribution is -2.60. The minimum atomic E-state index is -1.62. The molecule has 0 unspecified atom stereocenters. The quantitative estimate of drug-likeness (QED) is 0.0180. The number of unbranched alkanes of at least 4 members (excludes halogenated alkanes) is 2. The van der Waals surface area contributed by atoms with E-state index in [4.69, 9.17) is 28.7 Å². The Labute approximate surface area is 419 Å². The van der Waals surface area contributed by atoms with Crippen molar-refractivity contribution in [2.45, 2.75) is 132 Å². The van der Waals surface area contributed by atoms with Crippen LogP contribution in [-0.4, -0.2) is 151 Å². The van der Waals surface area contributed by atoms with E-state index in [9.17, 15) is 48.6 Å². The number of aliphatic imine (C=N–C) groups is 1. The van der Waals surface area contributed by atoms with E-state index in [1.54, 1.807) is 54.6 Å². The van der Waals surface area contributed by atoms with Crippen LogP contribution in [0, 0.1) is 0 Å². The number of benzene rings is 2. The summed E-state index contributed by atoms with van der Waals surface area (Å²) in [5, 5.41) is 42.4. The van der Waals surface area contributed by atoms with Crippen molar-refractivity contribution in [1.29, 1.82) is 0 Å². The summed E-state index contributed by atoms with van der Waals surface area (Å²) < 4.78 is 0. The molecule has 2 aromatic rings. The molecule has 20 N–H and O–H groups in total. The van der Waals surface area contributed by atoms with Crippen LogP contribution in [0.15, 0.2) is 65.7 Å². The Balaban J connectivity index is 1.86. The zero-order chi connectivity index (χ0) is 52.8. The number of carbonyl (C=O) groups is 8. The maximum atomic E-state index is 14.3. The molecule has 0 aromatic heterocycles. The van der Waals surface area contributed by atoms with Crippen LogP contribution in [0.5, 0.6) is 0 Å². The highest BCUT2D eigenvalue weighted by Gasteiger charge is 2.34. The summed E-state index contributed by atoms with van der Waals surface area (Å²) in [4.78, 5) is 111. The fraction of sp³-hybridized carbons (Fsp3) is 0.562. The molecule has 7 amide bonds. The van der Waals surface area contributed by atoms with Crippen LogP contribution in [-0.2, 0) is 51.2 Å². The van der Waals surface area contributed by atoms with Crippen LogP contribution in [0.1, 0.15) is 81.8 Å². The summed E-state index contributed by atoms with van der Waals surface area (Å²) in [5.41, 5.74) is 29.1. The van der Waals surface area contributed by atoms with Crippen molar-refractivity contribution in [3.05, 3.63) is 71.8 Å². The average Bonchev–Trinajstić information content (AvgIpc) is 3.90. The van der Waals surface area contributed by atoms with Crippen molar-refractivity contribution in [2.75, 3.05) is 39.3 Å².